The predicted octanol–water partition coefficient (Wildman–Crippen LogP) is 7.14. The number of rotatable bonds is 7. The topological polar surface area (TPSA) is 136 Å². The highest BCUT2D eigenvalue weighted by atomic mass is 31.2. The fraction of sp³-hybridized carbons (Fsp3) is 0.667. The molecule has 0 spiro atoms. The van der Waals surface area contributed by atoms with Crippen LogP contribution in [-0.2, 0) is 40.8 Å². The number of alkyl carbamates (subject to hydrolysis) is 1. The Hall–Kier alpha value is -2.46. The van der Waals surface area contributed by atoms with Crippen molar-refractivity contribution in [3.63, 3.8) is 0 Å². The fourth-order valence-electron chi connectivity index (χ4n) is 2.92. The Balaban J connectivity index is 3.16. The van der Waals surface area contributed by atoms with Gasteiger partial charge in [0.1, 0.15) is 11.2 Å². The number of guanidine groups is 1. The molecule has 0 fully saturated rings. The highest BCUT2D eigenvalue weighted by Crippen LogP contribution is 2.55. The van der Waals surface area contributed by atoms with Crippen LogP contribution in [0.1, 0.15) is 94.2 Å². The van der Waals surface area contributed by atoms with E-state index in [0.29, 0.717) is 11.1 Å². The van der Waals surface area contributed by atoms with Gasteiger partial charge in [0.15, 0.2) is 0 Å². The van der Waals surface area contributed by atoms with Crippen LogP contribution in [0.2, 0.25) is 0 Å². The van der Waals surface area contributed by atoms with Crippen LogP contribution in [0.4, 0.5) is 9.59 Å². The van der Waals surface area contributed by atoms with Gasteiger partial charge in [0.25, 0.3) is 0 Å². The van der Waals surface area contributed by atoms with Crippen molar-refractivity contribution >= 4 is 26.0 Å². The Kier molecular flexibility index (Phi) is 11.4. The minimum Gasteiger partial charge on any atom is -0.444 e. The van der Waals surface area contributed by atoms with Gasteiger partial charge >= 0.3 is 20.0 Å². The van der Waals surface area contributed by atoms with Crippen molar-refractivity contribution < 1.29 is 37.2 Å². The summed E-state index contributed by atoms with van der Waals surface area (Å²) >= 11 is 0. The van der Waals surface area contributed by atoms with Gasteiger partial charge in [0, 0.05) is 0 Å². The molecule has 0 unspecified atom stereocenters. The van der Waals surface area contributed by atoms with Crippen LogP contribution in [0.5, 0.6) is 0 Å². The molecule has 0 saturated carbocycles. The number of nitrogens with zero attached hydrogens (tertiary/aromatic N) is 1. The quantitative estimate of drug-likeness (QED) is 0.200. The van der Waals surface area contributed by atoms with E-state index in [1.54, 1.807) is 107 Å². The van der Waals surface area contributed by atoms with E-state index < -0.39 is 48.4 Å². The molecule has 0 radical (unpaired) electrons. The second kappa shape index (κ2) is 12.8. The number of ether oxygens (including phenoxy) is 2. The molecular weight excluding hydrogens is 525 g/mol. The average molecular weight is 572 g/mol. The predicted molar refractivity (Wildman–Crippen MR) is 149 cm³/mol. The second-order valence-corrected chi connectivity index (χ2v) is 14.5. The fourth-order valence-corrected chi connectivity index (χ4v) is 4.71. The second-order valence-electron chi connectivity index (χ2n) is 13.0. The van der Waals surface area contributed by atoms with Crippen molar-refractivity contribution in [2.24, 2.45) is 0 Å². The van der Waals surface area contributed by atoms with Gasteiger partial charge in [0.2, 0.25) is 5.96 Å². The third kappa shape index (κ3) is 15.1. The van der Waals surface area contributed by atoms with Gasteiger partial charge in [-0.15, -0.1) is 0 Å². The van der Waals surface area contributed by atoms with Crippen molar-refractivity contribution in [1.82, 2.24) is 10.2 Å². The number of benzene rings is 1. The number of carbonyl (C=O) groups excluding carboxylic acids is 2. The summed E-state index contributed by atoms with van der Waals surface area (Å²) in [6.07, 6.45) is -1.71. The molecule has 11 nitrogen and oxygen atoms in total. The van der Waals surface area contributed by atoms with Crippen molar-refractivity contribution in [3.8, 4) is 0 Å². The molecule has 1 aromatic rings. The van der Waals surface area contributed by atoms with Crippen LogP contribution in [0.25, 0.3) is 0 Å². The number of nitrogens with one attached hydrogen (secondary N) is 2. The molecule has 0 aliphatic rings. The van der Waals surface area contributed by atoms with Gasteiger partial charge in [-0.3, -0.25) is 24.3 Å². The van der Waals surface area contributed by atoms with Crippen LogP contribution in [-0.4, -0.2) is 45.5 Å². The first kappa shape index (κ1) is 34.6. The average Bonchev–Trinajstić information content (AvgIpc) is 2.65. The van der Waals surface area contributed by atoms with Gasteiger partial charge in [-0.1, -0.05) is 24.3 Å². The Morgan fingerprint density at radius 3 is 1.77 bits per heavy atom. The number of carbonyl (C=O) groups is 2. The van der Waals surface area contributed by atoms with E-state index in [9.17, 15) is 14.2 Å². The molecule has 0 aromatic heterocycles. The Bertz CT molecular complexity index is 1040. The molecule has 0 aliphatic heterocycles. The number of phosphoric acid groups is 1. The van der Waals surface area contributed by atoms with Gasteiger partial charge < -0.3 is 9.47 Å². The molecule has 0 saturated heterocycles. The third-order valence-corrected chi connectivity index (χ3v) is 5.98. The van der Waals surface area contributed by atoms with Crippen molar-refractivity contribution in [2.45, 2.75) is 119 Å². The molecular formula is C27H46N3O8P. The zero-order valence-corrected chi connectivity index (χ0v) is 26.3. The third-order valence-electron chi connectivity index (χ3n) is 4.00. The van der Waals surface area contributed by atoms with E-state index in [1.165, 1.54) is 0 Å². The molecule has 0 atom stereocenters. The lowest BCUT2D eigenvalue weighted by molar-refractivity contribution is 0.000765. The van der Waals surface area contributed by atoms with E-state index in [-0.39, 0.29) is 13.2 Å². The molecule has 1 aromatic carbocycles. The lowest BCUT2D eigenvalue weighted by atomic mass is 10.1. The van der Waals surface area contributed by atoms with Gasteiger partial charge in [-0.25, -0.2) is 19.1 Å². The van der Waals surface area contributed by atoms with Crippen molar-refractivity contribution in [1.29, 1.82) is 5.41 Å². The first-order valence-corrected chi connectivity index (χ1v) is 14.2. The summed E-state index contributed by atoms with van der Waals surface area (Å²) in [6, 6.07) is 6.94. The monoisotopic (exact) mass is 571 g/mol. The van der Waals surface area contributed by atoms with Crippen LogP contribution in [0.3, 0.4) is 0 Å². The summed E-state index contributed by atoms with van der Waals surface area (Å²) in [7, 11) is -3.94. The van der Waals surface area contributed by atoms with Crippen LogP contribution < -0.4 is 5.32 Å². The minimum absolute atomic E-state index is 0.0999. The number of hydrogen-bond acceptors (Lipinski definition) is 9. The molecule has 2 amide bonds. The molecule has 2 N–H and O–H groups in total. The zero-order chi connectivity index (χ0) is 30.4. The highest BCUT2D eigenvalue weighted by Gasteiger charge is 2.37. The standard InChI is InChI=1S/C27H46N3O8P/c1-24(2,3)35-22(31)29-21(28)30(23(32)36-25(4,5)6)17-19-14-13-15-20(16-19)18-34-39(33,37-26(7,8)9)38-27(10,11)12/h13-16H,17-18H2,1-12H3,(H2,28,29,31). The van der Waals surface area contributed by atoms with E-state index in [1.807, 2.05) is 0 Å². The molecule has 0 aliphatic carbocycles. The molecule has 0 heterocycles. The Labute approximate surface area is 233 Å². The van der Waals surface area contributed by atoms with Crippen LogP contribution in [0, 0.1) is 5.41 Å². The summed E-state index contributed by atoms with van der Waals surface area (Å²) in [5.41, 5.74) is -1.96. The maximum Gasteiger partial charge on any atom is 0.476 e. The number of hydrogen-bond donors (Lipinski definition) is 2. The van der Waals surface area contributed by atoms with Gasteiger partial charge in [0.05, 0.1) is 24.4 Å². The van der Waals surface area contributed by atoms with E-state index in [4.69, 9.17) is 28.5 Å². The van der Waals surface area contributed by atoms with Crippen molar-refractivity contribution in [3.05, 3.63) is 35.4 Å². The first-order valence-electron chi connectivity index (χ1n) is 12.7. The SMILES string of the molecule is CC(C)(C)OC(=O)NC(=N)N(Cc1cccc(COP(=O)(OC(C)(C)C)OC(C)(C)C)c1)C(=O)OC(C)(C)C. The van der Waals surface area contributed by atoms with Crippen LogP contribution >= 0.6 is 7.82 Å². The molecule has 12 heteroatoms. The van der Waals surface area contributed by atoms with Gasteiger partial charge in [-0.2, -0.15) is 0 Å². The van der Waals surface area contributed by atoms with Gasteiger partial charge in [-0.05, 0) is 94.2 Å². The normalized spacial score (nSPS) is 13.0. The maximum absolute atomic E-state index is 13.4. The van der Waals surface area contributed by atoms with Crippen molar-refractivity contribution in [2.75, 3.05) is 0 Å². The molecule has 0 bridgehead atoms. The molecule has 39 heavy (non-hydrogen) atoms. The molecule has 222 valence electrons. The highest BCUT2D eigenvalue weighted by molar-refractivity contribution is 7.48. The lowest BCUT2D eigenvalue weighted by Crippen LogP contribution is -2.49. The summed E-state index contributed by atoms with van der Waals surface area (Å²) in [5, 5.41) is 10.7. The Morgan fingerprint density at radius 2 is 1.31 bits per heavy atom. The lowest BCUT2D eigenvalue weighted by Gasteiger charge is -2.31. The summed E-state index contributed by atoms with van der Waals surface area (Å²) in [4.78, 5) is 26.2. The zero-order valence-electron chi connectivity index (χ0n) is 25.4. The molecule has 1 rings (SSSR count). The smallest absolute Gasteiger partial charge is 0.444 e. The minimum atomic E-state index is -3.94. The summed E-state index contributed by atoms with van der Waals surface area (Å²) < 4.78 is 41.0. The largest absolute Gasteiger partial charge is 0.476 e. The van der Waals surface area contributed by atoms with E-state index >= 15 is 0 Å². The summed E-state index contributed by atoms with van der Waals surface area (Å²) in [5.74, 6) is -0.512. The Morgan fingerprint density at radius 1 is 0.821 bits per heavy atom. The maximum atomic E-state index is 13.4. The summed E-state index contributed by atoms with van der Waals surface area (Å²) in [6.45, 7) is 20.5. The van der Waals surface area contributed by atoms with Crippen LogP contribution in [0.15, 0.2) is 24.3 Å². The first-order chi connectivity index (χ1) is 17.4. The number of phosphoric ester groups is 1. The number of amides is 2. The van der Waals surface area contributed by atoms with E-state index in [0.717, 1.165) is 4.90 Å². The van der Waals surface area contributed by atoms with E-state index in [2.05, 4.69) is 5.32 Å².